The molecule has 11 atom stereocenters. The van der Waals surface area contributed by atoms with Crippen molar-refractivity contribution in [3.05, 3.63) is 0 Å². The largest absolute Gasteiger partial charge is 0.480 e. The summed E-state index contributed by atoms with van der Waals surface area (Å²) in [5.74, 6) is 2.64. The van der Waals surface area contributed by atoms with Gasteiger partial charge in [0.25, 0.3) is 0 Å². The highest BCUT2D eigenvalue weighted by atomic mass is 32.2. The summed E-state index contributed by atoms with van der Waals surface area (Å²) in [4.78, 5) is 23.9. The Kier molecular flexibility index (Phi) is 13.4. The number of aliphatic carboxylic acids is 1. The zero-order valence-corrected chi connectivity index (χ0v) is 28.8. The summed E-state index contributed by atoms with van der Waals surface area (Å²) in [6.45, 7) is 16.4. The van der Waals surface area contributed by atoms with Crippen LogP contribution in [-0.4, -0.2) is 65.3 Å². The van der Waals surface area contributed by atoms with Crippen LogP contribution in [0.1, 0.15) is 106 Å². The van der Waals surface area contributed by atoms with E-state index in [1.807, 2.05) is 6.92 Å². The van der Waals surface area contributed by atoms with Crippen LogP contribution in [0.15, 0.2) is 0 Å². The number of ketones is 1. The monoisotopic (exact) mass is 624 g/mol. The molecule has 0 spiro atoms. The fourth-order valence-corrected chi connectivity index (χ4v) is 11.1. The minimum atomic E-state index is -0.994. The lowest BCUT2D eigenvalue weighted by Gasteiger charge is -2.65. The number of Topliss-reactive ketones (excluding diaryl/α,β-unsaturated/α-hetero) is 1. The minimum absolute atomic E-state index is 0.0774. The predicted molar refractivity (Wildman–Crippen MR) is 177 cm³/mol. The number of fused-ring (bicyclic) bond motifs is 3. The second-order valence-corrected chi connectivity index (χ2v) is 16.4. The maximum absolute atomic E-state index is 13.0. The Morgan fingerprint density at radius 2 is 1.72 bits per heavy atom. The van der Waals surface area contributed by atoms with E-state index >= 15 is 0 Å². The van der Waals surface area contributed by atoms with Crippen LogP contribution in [-0.2, 0) is 9.59 Å². The smallest absolute Gasteiger partial charge is 0.321 e. The lowest BCUT2D eigenvalue weighted by atomic mass is 9.41. The zero-order chi connectivity index (χ0) is 32.0. The highest BCUT2D eigenvalue weighted by Crippen LogP contribution is 2.70. The molecule has 0 aliphatic heterocycles. The first kappa shape index (κ1) is 36.8. The van der Waals surface area contributed by atoms with Crippen molar-refractivity contribution in [2.45, 2.75) is 118 Å². The average Bonchev–Trinajstić information content (AvgIpc) is 3.31. The van der Waals surface area contributed by atoms with Crippen molar-refractivity contribution in [2.75, 3.05) is 31.1 Å². The van der Waals surface area contributed by atoms with Crippen molar-refractivity contribution < 1.29 is 19.8 Å². The fourth-order valence-electron chi connectivity index (χ4n) is 10.1. The van der Waals surface area contributed by atoms with Gasteiger partial charge in [0.15, 0.2) is 0 Å². The molecule has 3 aliphatic carbocycles. The van der Waals surface area contributed by atoms with Gasteiger partial charge in [-0.25, -0.2) is 0 Å². The average molecular weight is 625 g/mol. The number of carbonyl (C=O) groups is 2. The van der Waals surface area contributed by atoms with Crippen LogP contribution in [0.2, 0.25) is 0 Å². The van der Waals surface area contributed by atoms with E-state index in [2.05, 4.69) is 45.5 Å². The Hall–Kier alpha value is -0.710. The van der Waals surface area contributed by atoms with Crippen molar-refractivity contribution >= 4 is 23.5 Å². The number of nitrogens with two attached hydrogens (primary N) is 2. The van der Waals surface area contributed by atoms with E-state index in [9.17, 15) is 14.7 Å². The number of rotatable bonds is 18. The zero-order valence-electron chi connectivity index (χ0n) is 28.0. The number of hydrogen-bond acceptors (Lipinski definition) is 8. The van der Waals surface area contributed by atoms with Crippen LogP contribution in [0.4, 0.5) is 0 Å². The molecule has 0 radical (unpaired) electrons. The van der Waals surface area contributed by atoms with Gasteiger partial charge in [-0.2, -0.15) is 11.8 Å². The fraction of sp³-hybridized carbons (Fsp3) is 0.941. The summed E-state index contributed by atoms with van der Waals surface area (Å²) in [6.07, 6.45) is 10.3. The Bertz CT molecular complexity index is 925. The normalized spacial score (nSPS) is 37.7. The van der Waals surface area contributed by atoms with Crippen LogP contribution in [0.25, 0.3) is 0 Å². The Balaban J connectivity index is 1.64. The number of nitrogens with one attached hydrogen (secondary N) is 2. The number of aliphatic hydroxyl groups is 1. The van der Waals surface area contributed by atoms with Crippen LogP contribution in [0.5, 0.6) is 0 Å². The van der Waals surface area contributed by atoms with Crippen molar-refractivity contribution in [3.63, 3.8) is 0 Å². The first-order valence-electron chi connectivity index (χ1n) is 17.2. The maximum Gasteiger partial charge on any atom is 0.321 e. The number of hydrogen-bond donors (Lipinski definition) is 6. The molecule has 0 aromatic carbocycles. The highest BCUT2D eigenvalue weighted by Gasteiger charge is 2.64. The molecule has 0 heterocycles. The summed E-state index contributed by atoms with van der Waals surface area (Å²) in [5, 5.41) is 20.9. The second kappa shape index (κ2) is 15.7. The summed E-state index contributed by atoms with van der Waals surface area (Å²) in [7, 11) is 0. The molecule has 0 saturated heterocycles. The topological polar surface area (TPSA) is 151 Å². The summed E-state index contributed by atoms with van der Waals surface area (Å²) in [6, 6.07) is -0.879. The van der Waals surface area contributed by atoms with E-state index in [1.165, 1.54) is 50.3 Å². The third-order valence-corrected chi connectivity index (χ3v) is 14.1. The first-order chi connectivity index (χ1) is 20.3. The van der Waals surface area contributed by atoms with Gasteiger partial charge in [0.05, 0.1) is 6.10 Å². The Labute approximate surface area is 266 Å². The summed E-state index contributed by atoms with van der Waals surface area (Å²) >= 11 is 1.46. The van der Waals surface area contributed by atoms with Crippen molar-refractivity contribution in [1.82, 2.24) is 10.9 Å². The molecule has 250 valence electrons. The lowest BCUT2D eigenvalue weighted by molar-refractivity contribution is -0.190. The summed E-state index contributed by atoms with van der Waals surface area (Å²) < 4.78 is 0. The number of carboxylic acid groups (broad SMARTS) is 1. The van der Waals surface area contributed by atoms with Crippen LogP contribution < -0.4 is 22.3 Å². The first-order valence-corrected chi connectivity index (χ1v) is 18.3. The molecular weight excluding hydrogens is 560 g/mol. The van der Waals surface area contributed by atoms with Crippen molar-refractivity contribution in [3.8, 4) is 0 Å². The van der Waals surface area contributed by atoms with Gasteiger partial charge in [-0.05, 0) is 97.2 Å². The third kappa shape index (κ3) is 7.99. The van der Waals surface area contributed by atoms with E-state index in [4.69, 9.17) is 16.6 Å². The molecule has 8 N–H and O–H groups in total. The van der Waals surface area contributed by atoms with Gasteiger partial charge in [-0.3, -0.25) is 20.4 Å². The van der Waals surface area contributed by atoms with Gasteiger partial charge in [0.2, 0.25) is 0 Å². The molecule has 0 aromatic heterocycles. The molecule has 6 unspecified atom stereocenters. The van der Waals surface area contributed by atoms with Gasteiger partial charge in [0.1, 0.15) is 11.8 Å². The SMILES string of the molecule is CCC[C@]1(C)C2CC[C@@]3(C)C(CC[C@@H]3C(C)CCC(=O)C(C)CSCC(N)C(=O)O)C2[C@H](O)C[C@@]1(C)CCNNCCN. The van der Waals surface area contributed by atoms with Crippen LogP contribution >= 0.6 is 11.8 Å². The van der Waals surface area contributed by atoms with Gasteiger partial charge in [-0.15, -0.1) is 0 Å². The maximum atomic E-state index is 13.0. The van der Waals surface area contributed by atoms with Gasteiger partial charge < -0.3 is 21.7 Å². The number of carbonyl (C=O) groups excluding carboxylic acids is 1. The molecule has 43 heavy (non-hydrogen) atoms. The number of aliphatic hydroxyl groups excluding tert-OH is 1. The number of hydrazine groups is 1. The Morgan fingerprint density at radius 3 is 2.37 bits per heavy atom. The van der Waals surface area contributed by atoms with E-state index in [0.29, 0.717) is 54.1 Å². The molecular formula is C34H64N4O4S. The summed E-state index contributed by atoms with van der Waals surface area (Å²) in [5.41, 5.74) is 18.3. The minimum Gasteiger partial charge on any atom is -0.480 e. The molecule has 0 aromatic rings. The molecule has 9 heteroatoms. The third-order valence-electron chi connectivity index (χ3n) is 12.7. The number of thioether (sulfide) groups is 1. The predicted octanol–water partition coefficient (Wildman–Crippen LogP) is 4.83. The standard InChI is InChI=1S/C34H64N4O4S/c1-7-13-34(6)26-12-14-33(5)24(22(2)8-11-28(39)23(3)20-43-21-27(36)31(41)42)9-10-25(33)30(26)29(40)19-32(34,4)15-17-37-38-18-16-35/h22-27,29-30,37-38,40H,7-21,35-36H2,1-6H3,(H,41,42)/t22?,23?,24-,25?,26?,27?,29-,30?,32-,33-,34-/m1/s1. The molecule has 3 saturated carbocycles. The molecule has 0 amide bonds. The van der Waals surface area contributed by atoms with E-state index in [0.717, 1.165) is 32.4 Å². The second-order valence-electron chi connectivity index (χ2n) is 15.3. The van der Waals surface area contributed by atoms with Crippen LogP contribution in [0, 0.1) is 51.8 Å². The highest BCUT2D eigenvalue weighted by molar-refractivity contribution is 7.99. The Morgan fingerprint density at radius 1 is 1.02 bits per heavy atom. The van der Waals surface area contributed by atoms with Gasteiger partial charge in [0, 0.05) is 43.5 Å². The van der Waals surface area contributed by atoms with Crippen molar-refractivity contribution in [2.24, 2.45) is 63.2 Å². The molecule has 0 bridgehead atoms. The van der Waals surface area contributed by atoms with Crippen LogP contribution in [0.3, 0.4) is 0 Å². The molecule has 3 rings (SSSR count). The lowest BCUT2D eigenvalue weighted by Crippen LogP contribution is -2.61. The quantitative estimate of drug-likeness (QED) is 0.0931. The molecule has 3 aliphatic rings. The number of carboxylic acids is 1. The molecule has 8 nitrogen and oxygen atoms in total. The van der Waals surface area contributed by atoms with Gasteiger partial charge >= 0.3 is 5.97 Å². The van der Waals surface area contributed by atoms with E-state index in [1.54, 1.807) is 0 Å². The van der Waals surface area contributed by atoms with E-state index < -0.39 is 12.0 Å². The van der Waals surface area contributed by atoms with Gasteiger partial charge in [-0.1, -0.05) is 48.0 Å². The molecule has 3 fully saturated rings. The van der Waals surface area contributed by atoms with E-state index in [-0.39, 0.29) is 34.1 Å². The van der Waals surface area contributed by atoms with Crippen molar-refractivity contribution in [1.29, 1.82) is 0 Å².